The quantitative estimate of drug-likeness (QED) is 0.732. The predicted octanol–water partition coefficient (Wildman–Crippen LogP) is 3.07. The molecule has 1 aliphatic carbocycles. The van der Waals surface area contributed by atoms with Crippen molar-refractivity contribution in [2.24, 2.45) is 11.1 Å². The van der Waals surface area contributed by atoms with Crippen molar-refractivity contribution >= 4 is 27.0 Å². The summed E-state index contributed by atoms with van der Waals surface area (Å²) < 4.78 is 45.4. The van der Waals surface area contributed by atoms with Crippen molar-refractivity contribution in [3.05, 3.63) is 66.0 Å². The van der Waals surface area contributed by atoms with E-state index in [4.69, 9.17) is 22.7 Å². The number of ether oxygens (including phenoxy) is 1. The molecule has 1 fully saturated rings. The summed E-state index contributed by atoms with van der Waals surface area (Å²) in [6, 6.07) is 14.0. The highest BCUT2D eigenvalue weighted by molar-refractivity contribution is 7.92. The van der Waals surface area contributed by atoms with Crippen LogP contribution in [0.5, 0.6) is 0 Å². The number of benzene rings is 2. The lowest BCUT2D eigenvalue weighted by Crippen LogP contribution is -2.33. The zero-order chi connectivity index (χ0) is 18.9. The minimum atomic E-state index is -3.70. The van der Waals surface area contributed by atoms with E-state index in [1.165, 1.54) is 12.1 Å². The lowest BCUT2D eigenvalue weighted by molar-refractivity contribution is 0.121. The second-order valence-corrected chi connectivity index (χ2v) is 8.86. The molecule has 0 aromatic heterocycles. The molecule has 1 aliphatic rings. The van der Waals surface area contributed by atoms with Gasteiger partial charge in [-0.1, -0.05) is 42.5 Å². The predicted molar refractivity (Wildman–Crippen MR) is 102 cm³/mol. The van der Waals surface area contributed by atoms with Gasteiger partial charge in [0.05, 0.1) is 27.2 Å². The monoisotopic (exact) mass is 393 g/mol. The van der Waals surface area contributed by atoms with E-state index in [2.05, 4.69) is 0 Å². The van der Waals surface area contributed by atoms with Crippen LogP contribution in [-0.2, 0) is 14.6 Å². The van der Waals surface area contributed by atoms with E-state index in [1.54, 1.807) is 42.5 Å². The van der Waals surface area contributed by atoms with E-state index < -0.39 is 26.4 Å². The third kappa shape index (κ3) is 3.04. The van der Waals surface area contributed by atoms with Crippen LogP contribution < -0.4 is 5.73 Å². The Morgan fingerprint density at radius 2 is 1.81 bits per heavy atom. The Morgan fingerprint density at radius 3 is 2.35 bits per heavy atom. The van der Waals surface area contributed by atoms with Crippen molar-refractivity contribution in [1.82, 2.24) is 0 Å². The molecule has 26 heavy (non-hydrogen) atoms. The number of nitrogens with two attached hydrogens (primary N) is 1. The minimum Gasteiger partial charge on any atom is -0.393 e. The second kappa shape index (κ2) is 7.06. The Hall–Kier alpha value is -1.83. The van der Waals surface area contributed by atoms with Gasteiger partial charge in [0.2, 0.25) is 0 Å². The van der Waals surface area contributed by atoms with Gasteiger partial charge in [0.1, 0.15) is 5.82 Å². The Bertz CT molecular complexity index is 900. The Kier molecular flexibility index (Phi) is 5.14. The summed E-state index contributed by atoms with van der Waals surface area (Å²) in [7, 11) is -3.70. The van der Waals surface area contributed by atoms with Gasteiger partial charge in [-0.15, -0.1) is 0 Å². The highest BCUT2D eigenvalue weighted by Crippen LogP contribution is 2.64. The third-order valence-corrected chi connectivity index (χ3v) is 7.57. The summed E-state index contributed by atoms with van der Waals surface area (Å²) in [6.07, 6.45) is 0. The average Bonchev–Trinajstić information content (AvgIpc) is 3.33. The van der Waals surface area contributed by atoms with E-state index in [0.717, 1.165) is 0 Å². The summed E-state index contributed by atoms with van der Waals surface area (Å²) in [6.45, 7) is 2.35. The number of sulfone groups is 1. The van der Waals surface area contributed by atoms with Crippen molar-refractivity contribution in [2.45, 2.75) is 23.0 Å². The molecule has 2 N–H and O–H groups in total. The van der Waals surface area contributed by atoms with Gasteiger partial charge >= 0.3 is 0 Å². The van der Waals surface area contributed by atoms with Crippen LogP contribution in [0.4, 0.5) is 4.39 Å². The number of thiocarbonyl (C=S) groups is 1. The molecule has 7 heteroatoms. The summed E-state index contributed by atoms with van der Waals surface area (Å²) in [5.74, 6) is -0.861. The van der Waals surface area contributed by atoms with Gasteiger partial charge in [-0.2, -0.15) is 0 Å². The van der Waals surface area contributed by atoms with Crippen LogP contribution in [0.3, 0.4) is 0 Å². The standard InChI is InChI=1S/C19H20FNO3S2/c1-2-24-12-19(18(21)25)16(13-8-10-14(20)11-9-13)17(19)26(22,23)15-6-4-3-5-7-15/h3-11,16-17H,2,12H2,1H3,(H2,21,25)/t16-,17+,19-/m0/s1. The topological polar surface area (TPSA) is 69.4 Å². The van der Waals surface area contributed by atoms with E-state index in [1.807, 2.05) is 6.92 Å². The minimum absolute atomic E-state index is 0.102. The first-order chi connectivity index (χ1) is 12.4. The van der Waals surface area contributed by atoms with E-state index >= 15 is 0 Å². The fourth-order valence-electron chi connectivity index (χ4n) is 3.57. The summed E-state index contributed by atoms with van der Waals surface area (Å²) in [5.41, 5.74) is 5.69. The van der Waals surface area contributed by atoms with Crippen LogP contribution in [0, 0.1) is 11.2 Å². The van der Waals surface area contributed by atoms with Gasteiger partial charge in [-0.3, -0.25) is 0 Å². The number of hydrogen-bond donors (Lipinski definition) is 1. The van der Waals surface area contributed by atoms with Crippen LogP contribution in [-0.4, -0.2) is 31.9 Å². The van der Waals surface area contributed by atoms with Gasteiger partial charge in [-0.05, 0) is 36.8 Å². The average molecular weight is 394 g/mol. The van der Waals surface area contributed by atoms with Gasteiger partial charge in [-0.25, -0.2) is 12.8 Å². The summed E-state index contributed by atoms with van der Waals surface area (Å²) >= 11 is 5.27. The van der Waals surface area contributed by atoms with Gasteiger partial charge in [0, 0.05) is 12.5 Å². The Balaban J connectivity index is 2.10. The van der Waals surface area contributed by atoms with Crippen molar-refractivity contribution < 1.29 is 17.5 Å². The summed E-state index contributed by atoms with van der Waals surface area (Å²) in [5, 5.41) is -0.841. The maximum atomic E-state index is 13.3. The van der Waals surface area contributed by atoms with Gasteiger partial charge in [0.25, 0.3) is 0 Å². The number of hydrogen-bond acceptors (Lipinski definition) is 4. The fourth-order valence-corrected chi connectivity index (χ4v) is 6.36. The molecule has 0 heterocycles. The largest absolute Gasteiger partial charge is 0.393 e. The molecule has 138 valence electrons. The van der Waals surface area contributed by atoms with Crippen LogP contribution in [0.1, 0.15) is 18.4 Å². The molecule has 0 aliphatic heterocycles. The third-order valence-electron chi connectivity index (χ3n) is 4.90. The molecule has 3 atom stereocenters. The van der Waals surface area contributed by atoms with Crippen molar-refractivity contribution in [3.8, 4) is 0 Å². The van der Waals surface area contributed by atoms with E-state index in [9.17, 15) is 12.8 Å². The molecule has 2 aromatic carbocycles. The number of rotatable bonds is 7. The van der Waals surface area contributed by atoms with E-state index in [0.29, 0.717) is 12.2 Å². The zero-order valence-electron chi connectivity index (χ0n) is 14.3. The lowest BCUT2D eigenvalue weighted by atomic mass is 10.00. The van der Waals surface area contributed by atoms with Crippen molar-refractivity contribution in [3.63, 3.8) is 0 Å². The second-order valence-electron chi connectivity index (χ2n) is 6.35. The number of halogens is 1. The molecule has 1 saturated carbocycles. The smallest absolute Gasteiger partial charge is 0.182 e. The highest BCUT2D eigenvalue weighted by Gasteiger charge is 2.73. The molecule has 2 aromatic rings. The highest BCUT2D eigenvalue weighted by atomic mass is 32.2. The maximum Gasteiger partial charge on any atom is 0.182 e. The summed E-state index contributed by atoms with van der Waals surface area (Å²) in [4.78, 5) is 0.316. The van der Waals surface area contributed by atoms with Crippen molar-refractivity contribution in [2.75, 3.05) is 13.2 Å². The fraction of sp³-hybridized carbons (Fsp3) is 0.316. The van der Waals surface area contributed by atoms with Crippen LogP contribution in [0.25, 0.3) is 0 Å². The first-order valence-corrected chi connectivity index (χ1v) is 10.2. The molecule has 3 rings (SSSR count). The van der Waals surface area contributed by atoms with E-state index in [-0.39, 0.29) is 22.3 Å². The zero-order valence-corrected chi connectivity index (χ0v) is 15.9. The molecular formula is C19H20FNO3S2. The molecule has 4 nitrogen and oxygen atoms in total. The Labute approximate surface area is 158 Å². The van der Waals surface area contributed by atoms with Gasteiger partial charge < -0.3 is 10.5 Å². The normalized spacial score (nSPS) is 25.0. The van der Waals surface area contributed by atoms with Gasteiger partial charge in [0.15, 0.2) is 9.84 Å². The first kappa shape index (κ1) is 18.9. The molecule has 0 unspecified atom stereocenters. The molecule has 0 spiro atoms. The molecule has 0 saturated heterocycles. The lowest BCUT2D eigenvalue weighted by Gasteiger charge is -2.17. The van der Waals surface area contributed by atoms with Crippen LogP contribution in [0.2, 0.25) is 0 Å². The van der Waals surface area contributed by atoms with Crippen molar-refractivity contribution in [1.29, 1.82) is 0 Å². The van der Waals surface area contributed by atoms with Crippen LogP contribution in [0.15, 0.2) is 59.5 Å². The first-order valence-electron chi connectivity index (χ1n) is 8.27. The molecule has 0 bridgehead atoms. The van der Waals surface area contributed by atoms with Crippen LogP contribution >= 0.6 is 12.2 Å². The maximum absolute atomic E-state index is 13.3. The Morgan fingerprint density at radius 1 is 1.19 bits per heavy atom. The SMILES string of the molecule is CCOC[C@@]1(C(N)=S)[C@H](S(=O)(=O)c2ccccc2)[C@@H]1c1ccc(F)cc1. The molecular weight excluding hydrogens is 373 g/mol. The molecule has 0 amide bonds. The molecule has 0 radical (unpaired) electrons.